The molecule has 1 aliphatic heterocycles. The molecule has 31 heavy (non-hydrogen) atoms. The second-order valence-electron chi connectivity index (χ2n) is 7.86. The van der Waals surface area contributed by atoms with E-state index in [1.807, 2.05) is 25.1 Å². The van der Waals surface area contributed by atoms with E-state index in [1.165, 1.54) is 5.56 Å². The molecule has 1 unspecified atom stereocenters. The Balaban J connectivity index is 1.66. The third kappa shape index (κ3) is 4.28. The van der Waals surface area contributed by atoms with Crippen LogP contribution < -0.4 is 4.74 Å². The molecule has 0 amide bonds. The zero-order valence-corrected chi connectivity index (χ0v) is 17.4. The van der Waals surface area contributed by atoms with E-state index in [9.17, 15) is 20.4 Å². The molecule has 4 N–H and O–H groups in total. The maximum absolute atomic E-state index is 10.3. The van der Waals surface area contributed by atoms with Gasteiger partial charge in [0.1, 0.15) is 35.4 Å². The van der Waals surface area contributed by atoms with Gasteiger partial charge < -0.3 is 29.9 Å². The van der Waals surface area contributed by atoms with Gasteiger partial charge in [0, 0.05) is 0 Å². The second-order valence-corrected chi connectivity index (χ2v) is 7.86. The van der Waals surface area contributed by atoms with E-state index >= 15 is 0 Å². The lowest BCUT2D eigenvalue weighted by Gasteiger charge is -2.39. The van der Waals surface area contributed by atoms with Crippen molar-refractivity contribution >= 4 is 11.0 Å². The van der Waals surface area contributed by atoms with E-state index in [0.717, 1.165) is 17.5 Å². The van der Waals surface area contributed by atoms with Gasteiger partial charge in [-0.1, -0.05) is 36.4 Å². The van der Waals surface area contributed by atoms with E-state index in [0.29, 0.717) is 23.3 Å². The maximum atomic E-state index is 10.3. The van der Waals surface area contributed by atoms with Crippen molar-refractivity contribution < 1.29 is 29.9 Å². The van der Waals surface area contributed by atoms with Gasteiger partial charge in [0.2, 0.25) is 6.29 Å². The minimum absolute atomic E-state index is 0.370. The molecule has 2 aromatic carbocycles. The Labute approximate surface area is 179 Å². The first kappa shape index (κ1) is 21.7. The Morgan fingerprint density at radius 2 is 1.74 bits per heavy atom. The van der Waals surface area contributed by atoms with E-state index in [1.54, 1.807) is 10.7 Å². The van der Waals surface area contributed by atoms with Crippen LogP contribution in [0.2, 0.25) is 0 Å². The summed E-state index contributed by atoms with van der Waals surface area (Å²) in [6.45, 7) is 3.92. The van der Waals surface area contributed by atoms with Gasteiger partial charge in [0.05, 0.1) is 13.2 Å². The second kappa shape index (κ2) is 8.89. The average Bonchev–Trinajstić information content (AvgIpc) is 3.17. The number of nitrogens with zero attached hydrogens (tertiary/aromatic N) is 3. The quantitative estimate of drug-likeness (QED) is 0.446. The van der Waals surface area contributed by atoms with E-state index < -0.39 is 37.3 Å². The van der Waals surface area contributed by atoms with Crippen LogP contribution in [0.3, 0.4) is 0 Å². The predicted molar refractivity (Wildman–Crippen MR) is 112 cm³/mol. The summed E-state index contributed by atoms with van der Waals surface area (Å²) in [5.41, 5.74) is 4.39. The summed E-state index contributed by atoms with van der Waals surface area (Å²) in [7, 11) is 0. The van der Waals surface area contributed by atoms with Crippen molar-refractivity contribution in [3.05, 3.63) is 53.1 Å². The van der Waals surface area contributed by atoms with Gasteiger partial charge in [-0.05, 0) is 42.2 Å². The van der Waals surface area contributed by atoms with Crippen LogP contribution in [0.25, 0.3) is 11.0 Å². The van der Waals surface area contributed by atoms with Crippen LogP contribution in [-0.2, 0) is 17.7 Å². The number of aryl methyl sites for hydroxylation is 2. The Kier molecular flexibility index (Phi) is 6.22. The van der Waals surface area contributed by atoms with Gasteiger partial charge in [-0.15, -0.1) is 5.10 Å². The molecule has 1 aromatic heterocycles. The number of benzene rings is 2. The lowest BCUT2D eigenvalue weighted by molar-refractivity contribution is -0.277. The molecule has 0 bridgehead atoms. The van der Waals surface area contributed by atoms with Gasteiger partial charge in [-0.2, -0.15) is 0 Å². The van der Waals surface area contributed by atoms with Crippen LogP contribution in [0.1, 0.15) is 23.6 Å². The number of aromatic nitrogens is 3. The summed E-state index contributed by atoms with van der Waals surface area (Å²) < 4.78 is 13.1. The summed E-state index contributed by atoms with van der Waals surface area (Å²) in [6.07, 6.45) is -5.84. The molecular weight excluding hydrogens is 402 g/mol. The van der Waals surface area contributed by atoms with Crippen molar-refractivity contribution in [1.29, 1.82) is 0 Å². The fourth-order valence-corrected chi connectivity index (χ4v) is 3.75. The molecule has 4 rings (SSSR count). The predicted octanol–water partition coefficient (Wildman–Crippen LogP) is 0.529. The minimum atomic E-state index is -1.52. The monoisotopic (exact) mass is 429 g/mol. The molecule has 0 saturated carbocycles. The number of rotatable bonds is 6. The van der Waals surface area contributed by atoms with Crippen LogP contribution in [-0.4, -0.2) is 72.7 Å². The summed E-state index contributed by atoms with van der Waals surface area (Å²) >= 11 is 0. The van der Waals surface area contributed by atoms with Crippen LogP contribution in [0.5, 0.6) is 5.75 Å². The van der Waals surface area contributed by atoms with Crippen molar-refractivity contribution in [3.8, 4) is 5.75 Å². The highest BCUT2D eigenvalue weighted by atomic mass is 16.7. The molecule has 0 aliphatic carbocycles. The van der Waals surface area contributed by atoms with E-state index in [4.69, 9.17) is 9.47 Å². The number of aliphatic hydroxyl groups excluding tert-OH is 4. The first-order valence-corrected chi connectivity index (χ1v) is 10.3. The van der Waals surface area contributed by atoms with E-state index in [2.05, 4.69) is 29.4 Å². The summed E-state index contributed by atoms with van der Waals surface area (Å²) in [4.78, 5) is 0. The van der Waals surface area contributed by atoms with Crippen molar-refractivity contribution in [2.24, 2.45) is 0 Å². The van der Waals surface area contributed by atoms with Gasteiger partial charge in [-0.25, -0.2) is 4.68 Å². The topological polar surface area (TPSA) is 130 Å². The molecule has 5 atom stereocenters. The number of fused-ring (bicyclic) bond motifs is 1. The van der Waals surface area contributed by atoms with Gasteiger partial charge in [-0.3, -0.25) is 0 Å². The number of ether oxygens (including phenoxy) is 2. The van der Waals surface area contributed by atoms with Crippen LogP contribution in [0.15, 0.2) is 36.4 Å². The first-order chi connectivity index (χ1) is 14.9. The normalized spacial score (nSPS) is 26.3. The van der Waals surface area contributed by atoms with Crippen LogP contribution in [0, 0.1) is 6.92 Å². The molecule has 2 heterocycles. The molecule has 166 valence electrons. The molecule has 1 saturated heterocycles. The highest BCUT2D eigenvalue weighted by molar-refractivity contribution is 5.82. The summed E-state index contributed by atoms with van der Waals surface area (Å²) in [5.74, 6) is 0.370. The van der Waals surface area contributed by atoms with Crippen molar-refractivity contribution in [3.63, 3.8) is 0 Å². The smallest absolute Gasteiger partial charge is 0.229 e. The molecule has 0 spiro atoms. The summed E-state index contributed by atoms with van der Waals surface area (Å²) in [6, 6.07) is 11.9. The molecule has 3 aromatic rings. The average molecular weight is 429 g/mol. The standard InChI is InChI=1S/C22H27N3O6/c1-3-13-4-6-14(7-5-13)10-25-18-15(23-24-25)8-12(2)9-16(18)30-22-21(29)20(28)19(27)17(11-26)31-22/h4-9,17,19-22,26-29H,3,10-11H2,1-2H3/t17-,19-,20+,21-,22?/m0/s1. The molecule has 1 fully saturated rings. The van der Waals surface area contributed by atoms with Crippen LogP contribution in [0.4, 0.5) is 0 Å². The van der Waals surface area contributed by atoms with Crippen LogP contribution >= 0.6 is 0 Å². The Hall–Kier alpha value is -2.56. The van der Waals surface area contributed by atoms with Crippen molar-refractivity contribution in [1.82, 2.24) is 15.0 Å². The fraction of sp³-hybridized carbons (Fsp3) is 0.455. The SMILES string of the molecule is CCc1ccc(Cn2nnc3cc(C)cc(OC4O[C@@H](CO)[C@H](O)[C@@H](O)[C@@H]4O)c32)cc1. The van der Waals surface area contributed by atoms with Gasteiger partial charge >= 0.3 is 0 Å². The van der Waals surface area contributed by atoms with Gasteiger partial charge in [0.25, 0.3) is 0 Å². The minimum Gasteiger partial charge on any atom is -0.460 e. The van der Waals surface area contributed by atoms with E-state index in [-0.39, 0.29) is 0 Å². The third-order valence-electron chi connectivity index (χ3n) is 5.57. The Morgan fingerprint density at radius 3 is 2.42 bits per heavy atom. The number of hydrogen-bond acceptors (Lipinski definition) is 8. The molecule has 9 nitrogen and oxygen atoms in total. The number of aliphatic hydroxyl groups is 4. The molecular formula is C22H27N3O6. The maximum Gasteiger partial charge on any atom is 0.229 e. The van der Waals surface area contributed by atoms with Crippen molar-refractivity contribution in [2.75, 3.05) is 6.61 Å². The largest absolute Gasteiger partial charge is 0.460 e. The van der Waals surface area contributed by atoms with Crippen molar-refractivity contribution in [2.45, 2.75) is 57.5 Å². The zero-order valence-electron chi connectivity index (χ0n) is 17.4. The fourth-order valence-electron chi connectivity index (χ4n) is 3.75. The first-order valence-electron chi connectivity index (χ1n) is 10.3. The lowest BCUT2D eigenvalue weighted by atomic mass is 9.99. The lowest BCUT2D eigenvalue weighted by Crippen LogP contribution is -2.60. The zero-order chi connectivity index (χ0) is 22.1. The summed E-state index contributed by atoms with van der Waals surface area (Å²) in [5, 5.41) is 48.3. The molecule has 9 heteroatoms. The number of hydrogen-bond donors (Lipinski definition) is 4. The Bertz CT molecular complexity index is 1040. The highest BCUT2D eigenvalue weighted by Gasteiger charge is 2.45. The molecule has 0 radical (unpaired) electrons. The third-order valence-corrected chi connectivity index (χ3v) is 5.57. The Morgan fingerprint density at radius 1 is 1.03 bits per heavy atom. The van der Waals surface area contributed by atoms with Gasteiger partial charge in [0.15, 0.2) is 5.75 Å². The molecule has 1 aliphatic rings. The highest BCUT2D eigenvalue weighted by Crippen LogP contribution is 2.31.